The quantitative estimate of drug-likeness (QED) is 0.325. The molecule has 1 N–H and O–H groups in total. The van der Waals surface area contributed by atoms with Crippen molar-refractivity contribution in [2.75, 3.05) is 20.2 Å². The van der Waals surface area contributed by atoms with Gasteiger partial charge >= 0.3 is 10.1 Å². The second kappa shape index (κ2) is 11.2. The minimum atomic E-state index is -4.20. The highest BCUT2D eigenvalue weighted by molar-refractivity contribution is 7.87. The molecule has 1 aromatic heterocycles. The second-order valence-corrected chi connectivity index (χ2v) is 12.7. The number of piperidine rings is 1. The van der Waals surface area contributed by atoms with Crippen molar-refractivity contribution in [3.05, 3.63) is 52.3 Å². The molecule has 3 aromatic rings. The van der Waals surface area contributed by atoms with E-state index in [1.165, 1.54) is 0 Å². The van der Waals surface area contributed by atoms with Gasteiger partial charge < -0.3 is 14.2 Å². The highest BCUT2D eigenvalue weighted by atomic mass is 32.2. The fourth-order valence-electron chi connectivity index (χ4n) is 5.27. The van der Waals surface area contributed by atoms with Crippen LogP contribution in [-0.4, -0.2) is 38.6 Å². The van der Waals surface area contributed by atoms with Crippen molar-refractivity contribution >= 4 is 21.0 Å². The summed E-state index contributed by atoms with van der Waals surface area (Å²) in [6, 6.07) is 7.86. The van der Waals surface area contributed by atoms with E-state index < -0.39 is 10.1 Å². The van der Waals surface area contributed by atoms with E-state index in [-0.39, 0.29) is 28.5 Å². The Morgan fingerprint density at radius 1 is 0.895 bits per heavy atom. The minimum Gasteiger partial charge on any atom is -0.496 e. The van der Waals surface area contributed by atoms with Crippen molar-refractivity contribution in [1.82, 2.24) is 15.3 Å². The van der Waals surface area contributed by atoms with E-state index in [2.05, 4.69) is 29.1 Å². The Hall–Kier alpha value is -2.71. The third kappa shape index (κ3) is 5.66. The number of rotatable bonds is 8. The first-order valence-corrected chi connectivity index (χ1v) is 15.0. The number of aryl methyl sites for hydroxylation is 1. The molecule has 38 heavy (non-hydrogen) atoms. The first-order valence-electron chi connectivity index (χ1n) is 13.6. The van der Waals surface area contributed by atoms with Crippen molar-refractivity contribution in [3.8, 4) is 11.6 Å². The average molecular weight is 540 g/mol. The summed E-state index contributed by atoms with van der Waals surface area (Å²) < 4.78 is 39.8. The first-order chi connectivity index (χ1) is 17.9. The largest absolute Gasteiger partial charge is 0.496 e. The zero-order valence-electron chi connectivity index (χ0n) is 23.9. The van der Waals surface area contributed by atoms with Crippen LogP contribution >= 0.6 is 0 Å². The maximum atomic E-state index is 14.1. The van der Waals surface area contributed by atoms with Crippen molar-refractivity contribution in [2.24, 2.45) is 0 Å². The number of nitrogens with one attached hydrogen (secondary N) is 1. The molecule has 0 amide bonds. The monoisotopic (exact) mass is 539 g/mol. The standard InChI is InChI=1S/C30H41N3O4S/c1-17(2)22-13-23(18(3)4)29(24(14-22)19(5)6)38(34,35)37-30-26-15-25(21-9-11-31-12-10-21)28(36-8)16-27(26)32-20(7)33-30/h13-19,21,31H,9-12H2,1-8H3. The summed E-state index contributed by atoms with van der Waals surface area (Å²) >= 11 is 0. The second-order valence-electron chi connectivity index (χ2n) is 11.2. The molecule has 7 nitrogen and oxygen atoms in total. The molecule has 0 radical (unpaired) electrons. The summed E-state index contributed by atoms with van der Waals surface area (Å²) in [5, 5.41) is 3.97. The highest BCUT2D eigenvalue weighted by Gasteiger charge is 2.30. The van der Waals surface area contributed by atoms with Gasteiger partial charge in [0.25, 0.3) is 0 Å². The van der Waals surface area contributed by atoms with Gasteiger partial charge in [-0.2, -0.15) is 13.4 Å². The molecule has 0 bridgehead atoms. The Morgan fingerprint density at radius 3 is 2.03 bits per heavy atom. The number of hydrogen-bond acceptors (Lipinski definition) is 7. The predicted octanol–water partition coefficient (Wildman–Crippen LogP) is 6.55. The van der Waals surface area contributed by atoms with Crippen LogP contribution in [0.2, 0.25) is 0 Å². The van der Waals surface area contributed by atoms with Gasteiger partial charge in [0.15, 0.2) is 0 Å². The molecule has 4 rings (SSSR count). The van der Waals surface area contributed by atoms with Gasteiger partial charge in [-0.05, 0) is 84.8 Å². The van der Waals surface area contributed by atoms with Gasteiger partial charge in [-0.1, -0.05) is 53.7 Å². The average Bonchev–Trinajstić information content (AvgIpc) is 2.87. The van der Waals surface area contributed by atoms with E-state index in [1.807, 2.05) is 52.0 Å². The van der Waals surface area contributed by atoms with E-state index in [0.29, 0.717) is 22.6 Å². The highest BCUT2D eigenvalue weighted by Crippen LogP contribution is 2.40. The molecule has 0 aliphatic carbocycles. The van der Waals surface area contributed by atoms with Gasteiger partial charge in [0.1, 0.15) is 16.5 Å². The smallest absolute Gasteiger partial charge is 0.341 e. The van der Waals surface area contributed by atoms with Crippen molar-refractivity contribution in [2.45, 2.75) is 89.9 Å². The van der Waals surface area contributed by atoms with Gasteiger partial charge in [-0.15, -0.1) is 0 Å². The number of fused-ring (bicyclic) bond motifs is 1. The number of benzene rings is 2. The maximum Gasteiger partial charge on any atom is 0.341 e. The van der Waals surface area contributed by atoms with Crippen molar-refractivity contribution in [1.29, 1.82) is 0 Å². The van der Waals surface area contributed by atoms with E-state index in [1.54, 1.807) is 14.0 Å². The third-order valence-electron chi connectivity index (χ3n) is 7.42. The number of ether oxygens (including phenoxy) is 1. The van der Waals surface area contributed by atoms with E-state index >= 15 is 0 Å². The number of aromatic nitrogens is 2. The molecular weight excluding hydrogens is 498 g/mol. The van der Waals surface area contributed by atoms with Crippen LogP contribution in [0.3, 0.4) is 0 Å². The van der Waals surface area contributed by atoms with Crippen LogP contribution in [0.4, 0.5) is 0 Å². The van der Waals surface area contributed by atoms with E-state index in [9.17, 15) is 8.42 Å². The van der Waals surface area contributed by atoms with Crippen LogP contribution in [0.1, 0.15) is 106 Å². The normalized spacial score (nSPS) is 15.1. The molecule has 1 aliphatic rings. The Bertz CT molecular complexity index is 1400. The Kier molecular flexibility index (Phi) is 8.33. The summed E-state index contributed by atoms with van der Waals surface area (Å²) in [7, 11) is -2.54. The molecule has 8 heteroatoms. The SMILES string of the molecule is COc1cc2nc(C)nc(OS(=O)(=O)c3c(C(C)C)cc(C(C)C)cc3C(C)C)c2cc1C1CCNCC1. The Labute approximate surface area is 227 Å². The van der Waals surface area contributed by atoms with Crippen LogP contribution in [0.5, 0.6) is 11.6 Å². The molecule has 2 aromatic carbocycles. The Balaban J connectivity index is 1.90. The molecule has 0 saturated carbocycles. The molecule has 2 heterocycles. The van der Waals surface area contributed by atoms with E-state index in [0.717, 1.165) is 53.9 Å². The minimum absolute atomic E-state index is 0.000714. The topological polar surface area (TPSA) is 90.4 Å². The van der Waals surface area contributed by atoms with Gasteiger partial charge in [0, 0.05) is 6.07 Å². The zero-order valence-corrected chi connectivity index (χ0v) is 24.7. The maximum absolute atomic E-state index is 14.1. The molecule has 206 valence electrons. The molecule has 0 spiro atoms. The predicted molar refractivity (Wildman–Crippen MR) is 152 cm³/mol. The lowest BCUT2D eigenvalue weighted by Crippen LogP contribution is -2.26. The number of methoxy groups -OCH3 is 1. The number of hydrogen-bond donors (Lipinski definition) is 1. The third-order valence-corrected chi connectivity index (χ3v) is 8.77. The zero-order chi connectivity index (χ0) is 27.8. The summed E-state index contributed by atoms with van der Waals surface area (Å²) in [6.07, 6.45) is 1.95. The van der Waals surface area contributed by atoms with Crippen LogP contribution < -0.4 is 14.2 Å². The molecule has 1 fully saturated rings. The lowest BCUT2D eigenvalue weighted by Gasteiger charge is -2.25. The lowest BCUT2D eigenvalue weighted by molar-refractivity contribution is 0.392. The summed E-state index contributed by atoms with van der Waals surface area (Å²) in [4.78, 5) is 9.31. The first kappa shape index (κ1) is 28.3. The van der Waals surface area contributed by atoms with Crippen LogP contribution in [0, 0.1) is 6.92 Å². The summed E-state index contributed by atoms with van der Waals surface area (Å²) in [6.45, 7) is 15.9. The fourth-order valence-corrected chi connectivity index (χ4v) is 6.86. The van der Waals surface area contributed by atoms with Gasteiger partial charge in [0.05, 0.1) is 18.0 Å². The van der Waals surface area contributed by atoms with Crippen LogP contribution in [0.25, 0.3) is 10.9 Å². The van der Waals surface area contributed by atoms with Gasteiger partial charge in [0.2, 0.25) is 5.88 Å². The molecule has 1 aliphatic heterocycles. The van der Waals surface area contributed by atoms with Gasteiger partial charge in [-0.25, -0.2) is 4.98 Å². The number of nitrogens with zero attached hydrogens (tertiary/aromatic N) is 2. The Morgan fingerprint density at radius 2 is 1.50 bits per heavy atom. The van der Waals surface area contributed by atoms with Crippen LogP contribution in [0.15, 0.2) is 29.2 Å². The summed E-state index contributed by atoms with van der Waals surface area (Å²) in [5.74, 6) is 1.82. The lowest BCUT2D eigenvalue weighted by atomic mass is 9.89. The van der Waals surface area contributed by atoms with Gasteiger partial charge in [-0.3, -0.25) is 0 Å². The van der Waals surface area contributed by atoms with Crippen molar-refractivity contribution in [3.63, 3.8) is 0 Å². The molecule has 0 atom stereocenters. The summed E-state index contributed by atoms with van der Waals surface area (Å²) in [5.41, 5.74) is 4.29. The van der Waals surface area contributed by atoms with Crippen molar-refractivity contribution < 1.29 is 17.3 Å². The fraction of sp³-hybridized carbons (Fsp3) is 0.533. The van der Waals surface area contributed by atoms with Crippen LogP contribution in [-0.2, 0) is 10.1 Å². The molecule has 1 saturated heterocycles. The molecular formula is C30H41N3O4S. The molecule has 0 unspecified atom stereocenters. The van der Waals surface area contributed by atoms with E-state index in [4.69, 9.17) is 8.92 Å².